The average molecular weight is 775 g/mol. The van der Waals surface area contributed by atoms with E-state index in [0.717, 1.165) is 99.5 Å². The summed E-state index contributed by atoms with van der Waals surface area (Å²) in [6.45, 7) is 7.98. The minimum Gasteiger partial charge on any atom is -0.495 e. The molecule has 3 fully saturated rings. The van der Waals surface area contributed by atoms with Crippen LogP contribution in [0.3, 0.4) is 0 Å². The molecule has 0 bridgehead atoms. The van der Waals surface area contributed by atoms with E-state index in [1.807, 2.05) is 38.2 Å². The second-order valence-corrected chi connectivity index (χ2v) is 16.2. The maximum atomic E-state index is 15.3. The lowest BCUT2D eigenvalue weighted by atomic mass is 9.87. The van der Waals surface area contributed by atoms with Crippen molar-refractivity contribution in [2.75, 3.05) is 80.0 Å². The SMILES string of the molecule is COc1cc2c(cc1C#N)N(c1cc(C3CCN(CC4CCN(c5ccc(NC6CCC(=O)NC6=O)cc5F)CC4)CC3)cc3c1cc(C)c(=O)n3C)CCN2C. The monoisotopic (exact) mass is 774 g/mol. The summed E-state index contributed by atoms with van der Waals surface area (Å²) >= 11 is 0. The molecule has 0 saturated carbocycles. The van der Waals surface area contributed by atoms with Crippen molar-refractivity contribution in [1.82, 2.24) is 14.8 Å². The number of likely N-dealkylation sites (N-methyl/N-ethyl adjacent to an activating group) is 1. The maximum Gasteiger partial charge on any atom is 0.253 e. The van der Waals surface area contributed by atoms with Gasteiger partial charge in [-0.25, -0.2) is 4.39 Å². The number of imide groups is 1. The summed E-state index contributed by atoms with van der Waals surface area (Å²) in [5, 5.41) is 16.4. The Hall–Kier alpha value is -5.61. The Kier molecular flexibility index (Phi) is 10.6. The van der Waals surface area contributed by atoms with Crippen LogP contribution in [0.2, 0.25) is 0 Å². The van der Waals surface area contributed by atoms with E-state index < -0.39 is 6.04 Å². The van der Waals surface area contributed by atoms with E-state index in [-0.39, 0.29) is 29.6 Å². The second kappa shape index (κ2) is 15.7. The number of likely N-dealkylation sites (tertiary alicyclic amines) is 1. The molecule has 1 unspecified atom stereocenters. The number of benzene rings is 3. The van der Waals surface area contributed by atoms with Crippen molar-refractivity contribution in [1.29, 1.82) is 5.26 Å². The number of methoxy groups -OCH3 is 1. The number of rotatable bonds is 8. The normalized spacial score (nSPS) is 19.7. The van der Waals surface area contributed by atoms with Gasteiger partial charge in [0.05, 0.1) is 40.9 Å². The van der Waals surface area contributed by atoms with Gasteiger partial charge in [-0.2, -0.15) is 5.26 Å². The van der Waals surface area contributed by atoms with Crippen molar-refractivity contribution in [2.45, 2.75) is 57.4 Å². The van der Waals surface area contributed by atoms with Gasteiger partial charge in [0.2, 0.25) is 11.8 Å². The van der Waals surface area contributed by atoms with Crippen LogP contribution in [-0.4, -0.2) is 87.3 Å². The number of nitrogens with one attached hydrogen (secondary N) is 2. The van der Waals surface area contributed by atoms with Gasteiger partial charge in [0.25, 0.3) is 5.56 Å². The highest BCUT2D eigenvalue weighted by atomic mass is 19.1. The molecule has 13 heteroatoms. The van der Waals surface area contributed by atoms with E-state index in [4.69, 9.17) is 4.74 Å². The van der Waals surface area contributed by atoms with E-state index in [0.29, 0.717) is 46.5 Å². The fraction of sp³-hybridized carbons (Fsp3) is 0.455. The Bertz CT molecular complexity index is 2320. The molecule has 0 radical (unpaired) electrons. The van der Waals surface area contributed by atoms with Gasteiger partial charge in [0.15, 0.2) is 0 Å². The fourth-order valence-electron chi connectivity index (χ4n) is 9.31. The number of amides is 2. The predicted octanol–water partition coefficient (Wildman–Crippen LogP) is 5.77. The number of ether oxygens (including phenoxy) is 1. The molecule has 8 rings (SSSR count). The van der Waals surface area contributed by atoms with Crippen LogP contribution >= 0.6 is 0 Å². The van der Waals surface area contributed by atoms with Crippen LogP contribution in [0.25, 0.3) is 10.9 Å². The fourth-order valence-corrected chi connectivity index (χ4v) is 9.31. The molecule has 4 aromatic rings. The third kappa shape index (κ3) is 7.50. The first-order chi connectivity index (χ1) is 27.5. The number of aromatic nitrogens is 1. The predicted molar refractivity (Wildman–Crippen MR) is 221 cm³/mol. The van der Waals surface area contributed by atoms with Gasteiger partial charge in [0, 0.05) is 75.9 Å². The Labute approximate surface area is 332 Å². The third-order valence-electron chi connectivity index (χ3n) is 12.7. The number of anilines is 5. The van der Waals surface area contributed by atoms with Crippen LogP contribution in [0.5, 0.6) is 5.75 Å². The zero-order valence-corrected chi connectivity index (χ0v) is 33.2. The number of piperidine rings is 3. The smallest absolute Gasteiger partial charge is 0.253 e. The van der Waals surface area contributed by atoms with E-state index in [9.17, 15) is 19.6 Å². The average Bonchev–Trinajstić information content (AvgIpc) is 3.21. The number of pyridine rings is 1. The lowest BCUT2D eigenvalue weighted by molar-refractivity contribution is -0.133. The van der Waals surface area contributed by atoms with E-state index in [1.165, 1.54) is 11.6 Å². The number of carbonyl (C=O) groups is 2. The van der Waals surface area contributed by atoms with Gasteiger partial charge in [-0.05, 0) is 112 Å². The molecular formula is C44H51FN8O4. The maximum absolute atomic E-state index is 15.3. The van der Waals surface area contributed by atoms with E-state index in [2.05, 4.69) is 55.5 Å². The van der Waals surface area contributed by atoms with Gasteiger partial charge in [-0.15, -0.1) is 0 Å². The van der Waals surface area contributed by atoms with Crippen molar-refractivity contribution in [3.05, 3.63) is 81.4 Å². The van der Waals surface area contributed by atoms with Crippen molar-refractivity contribution in [2.24, 2.45) is 13.0 Å². The summed E-state index contributed by atoms with van der Waals surface area (Å²) in [5.74, 6) is 0.467. The highest BCUT2D eigenvalue weighted by Gasteiger charge is 2.31. The molecule has 12 nitrogen and oxygen atoms in total. The van der Waals surface area contributed by atoms with Gasteiger partial charge in [-0.1, -0.05) is 0 Å². The first-order valence-electron chi connectivity index (χ1n) is 20.1. The molecule has 5 heterocycles. The summed E-state index contributed by atoms with van der Waals surface area (Å²) in [6.07, 6.45) is 4.67. The molecule has 1 aromatic heterocycles. The molecule has 57 heavy (non-hydrogen) atoms. The molecule has 3 aromatic carbocycles. The number of hydrogen-bond acceptors (Lipinski definition) is 10. The first kappa shape index (κ1) is 38.3. The number of hydrogen-bond donors (Lipinski definition) is 2. The van der Waals surface area contributed by atoms with Crippen molar-refractivity contribution in [3.8, 4) is 11.8 Å². The second-order valence-electron chi connectivity index (χ2n) is 16.2. The number of fused-ring (bicyclic) bond motifs is 2. The Balaban J connectivity index is 0.938. The van der Waals surface area contributed by atoms with Crippen molar-refractivity contribution < 1.29 is 18.7 Å². The number of nitrogens with zero attached hydrogens (tertiary/aromatic N) is 6. The standard InChI is InChI=1S/C44H51FN8O4/c1-27-19-33-37(50(3)44(27)56)20-30(21-38(33)53-18-17-49(2)39-24-41(57-4)31(25-46)22-40(39)53)29-11-13-51(14-12-29)26-28-9-15-52(16-10-28)36-7-5-32(23-34(36)45)47-35-6-8-42(54)48-43(35)55/h5,7,19-24,28-29,35,47H,6,8-18,26H2,1-4H3,(H,48,54,55). The molecule has 0 aliphatic carbocycles. The van der Waals surface area contributed by atoms with Crippen LogP contribution in [-0.2, 0) is 16.6 Å². The topological polar surface area (TPSA) is 126 Å². The highest BCUT2D eigenvalue weighted by molar-refractivity contribution is 6.01. The zero-order chi connectivity index (χ0) is 40.0. The Morgan fingerprint density at radius 3 is 2.35 bits per heavy atom. The molecule has 298 valence electrons. The third-order valence-corrected chi connectivity index (χ3v) is 12.7. The van der Waals surface area contributed by atoms with Crippen LogP contribution in [0.15, 0.2) is 53.3 Å². The minimum absolute atomic E-state index is 0.00304. The molecule has 2 N–H and O–H groups in total. The molecular weight excluding hydrogens is 724 g/mol. The molecule has 4 aliphatic heterocycles. The van der Waals surface area contributed by atoms with Crippen LogP contribution in [0.1, 0.15) is 61.1 Å². The van der Waals surface area contributed by atoms with Gasteiger partial charge < -0.3 is 34.2 Å². The molecule has 0 spiro atoms. The van der Waals surface area contributed by atoms with Crippen LogP contribution in [0, 0.1) is 30.0 Å². The highest BCUT2D eigenvalue weighted by Crippen LogP contribution is 2.45. The Morgan fingerprint density at radius 1 is 0.877 bits per heavy atom. The zero-order valence-electron chi connectivity index (χ0n) is 33.2. The molecule has 2 amide bonds. The first-order valence-corrected chi connectivity index (χ1v) is 20.1. The summed E-state index contributed by atoms with van der Waals surface area (Å²) < 4.78 is 22.7. The number of carbonyl (C=O) groups excluding carboxylic acids is 2. The number of nitriles is 1. The number of aryl methyl sites for hydroxylation is 2. The van der Waals surface area contributed by atoms with Gasteiger partial charge in [-0.3, -0.25) is 19.7 Å². The molecule has 3 saturated heterocycles. The largest absolute Gasteiger partial charge is 0.495 e. The van der Waals surface area contributed by atoms with Gasteiger partial charge >= 0.3 is 0 Å². The van der Waals surface area contributed by atoms with E-state index >= 15 is 4.39 Å². The van der Waals surface area contributed by atoms with E-state index in [1.54, 1.807) is 17.7 Å². The summed E-state index contributed by atoms with van der Waals surface area (Å²) in [4.78, 5) is 46.1. The van der Waals surface area contributed by atoms with Crippen molar-refractivity contribution in [3.63, 3.8) is 0 Å². The lowest BCUT2D eigenvalue weighted by Crippen LogP contribution is -2.47. The summed E-state index contributed by atoms with van der Waals surface area (Å²) in [7, 11) is 5.52. The van der Waals surface area contributed by atoms with Crippen molar-refractivity contribution >= 4 is 51.2 Å². The minimum atomic E-state index is -0.552. The lowest BCUT2D eigenvalue weighted by Gasteiger charge is -2.39. The van der Waals surface area contributed by atoms with Crippen LogP contribution in [0.4, 0.5) is 32.8 Å². The summed E-state index contributed by atoms with van der Waals surface area (Å²) in [5.41, 5.74) is 7.45. The quantitative estimate of drug-likeness (QED) is 0.213. The molecule has 4 aliphatic rings. The van der Waals surface area contributed by atoms with Gasteiger partial charge in [0.1, 0.15) is 23.7 Å². The van der Waals surface area contributed by atoms with Crippen LogP contribution < -0.4 is 35.6 Å². The molecule has 1 atom stereocenters. The summed E-state index contributed by atoms with van der Waals surface area (Å²) in [6, 6.07) is 17.2. The Morgan fingerprint density at radius 2 is 1.65 bits per heavy atom. The number of halogens is 1.